The van der Waals surface area contributed by atoms with Crippen molar-refractivity contribution in [1.29, 1.82) is 0 Å². The van der Waals surface area contributed by atoms with Gasteiger partial charge in [-0.05, 0) is 20.8 Å². The van der Waals surface area contributed by atoms with Crippen molar-refractivity contribution in [3.63, 3.8) is 0 Å². The fourth-order valence-corrected chi connectivity index (χ4v) is 1.39. The summed E-state index contributed by atoms with van der Waals surface area (Å²) in [4.78, 5) is 19.7. The summed E-state index contributed by atoms with van der Waals surface area (Å²) < 4.78 is 5.28. The molecule has 0 aliphatic carbocycles. The van der Waals surface area contributed by atoms with Gasteiger partial charge in [0.25, 0.3) is 0 Å². The molecule has 0 atom stereocenters. The van der Waals surface area contributed by atoms with Crippen LogP contribution in [0.5, 0.6) is 5.88 Å². The topological polar surface area (TPSA) is 76.1 Å². The molecule has 100 valence electrons. The third-order valence-electron chi connectivity index (χ3n) is 2.49. The Kier molecular flexibility index (Phi) is 4.88. The average Bonchev–Trinajstić information content (AvgIpc) is 2.36. The molecule has 1 rings (SSSR count). The van der Waals surface area contributed by atoms with Gasteiger partial charge in [0.2, 0.25) is 11.8 Å². The standard InChI is InChI=1S/C12H20N4O2/c1-5-18-10-6-9(15-8-16-10)14-7-12(2,3)11(17)13-4/h6,8H,5,7H2,1-4H3,(H,13,17)(H,14,15,16). The van der Waals surface area contributed by atoms with Crippen LogP contribution in [0.3, 0.4) is 0 Å². The summed E-state index contributed by atoms with van der Waals surface area (Å²) in [6.45, 7) is 6.66. The van der Waals surface area contributed by atoms with Crippen molar-refractivity contribution in [2.24, 2.45) is 5.41 Å². The first-order chi connectivity index (χ1) is 8.49. The van der Waals surface area contributed by atoms with E-state index < -0.39 is 5.41 Å². The lowest BCUT2D eigenvalue weighted by Crippen LogP contribution is -2.39. The molecular formula is C12H20N4O2. The summed E-state index contributed by atoms with van der Waals surface area (Å²) >= 11 is 0. The van der Waals surface area contributed by atoms with Gasteiger partial charge >= 0.3 is 0 Å². The fraction of sp³-hybridized carbons (Fsp3) is 0.583. The predicted molar refractivity (Wildman–Crippen MR) is 69.5 cm³/mol. The summed E-state index contributed by atoms with van der Waals surface area (Å²) in [6.07, 6.45) is 1.43. The number of nitrogens with zero attached hydrogens (tertiary/aromatic N) is 2. The fourth-order valence-electron chi connectivity index (χ4n) is 1.39. The van der Waals surface area contributed by atoms with Gasteiger partial charge in [0.1, 0.15) is 12.1 Å². The van der Waals surface area contributed by atoms with E-state index in [1.165, 1.54) is 6.33 Å². The molecule has 0 saturated heterocycles. The second kappa shape index (κ2) is 6.18. The van der Waals surface area contributed by atoms with Gasteiger partial charge in [0.05, 0.1) is 12.0 Å². The molecule has 0 unspecified atom stereocenters. The van der Waals surface area contributed by atoms with Crippen molar-refractivity contribution >= 4 is 11.7 Å². The van der Waals surface area contributed by atoms with E-state index in [2.05, 4.69) is 20.6 Å². The number of hydrogen-bond donors (Lipinski definition) is 2. The van der Waals surface area contributed by atoms with Crippen LogP contribution >= 0.6 is 0 Å². The van der Waals surface area contributed by atoms with E-state index >= 15 is 0 Å². The molecule has 0 bridgehead atoms. The number of ether oxygens (including phenoxy) is 1. The van der Waals surface area contributed by atoms with E-state index in [1.54, 1.807) is 13.1 Å². The van der Waals surface area contributed by atoms with Gasteiger partial charge in [-0.1, -0.05) is 0 Å². The molecule has 1 aromatic heterocycles. The highest BCUT2D eigenvalue weighted by molar-refractivity contribution is 5.82. The van der Waals surface area contributed by atoms with Gasteiger partial charge < -0.3 is 15.4 Å². The minimum atomic E-state index is -0.508. The van der Waals surface area contributed by atoms with Crippen LogP contribution in [0.15, 0.2) is 12.4 Å². The molecule has 6 nitrogen and oxygen atoms in total. The van der Waals surface area contributed by atoms with Crippen LogP contribution in [-0.4, -0.2) is 36.1 Å². The van der Waals surface area contributed by atoms with E-state index in [9.17, 15) is 4.79 Å². The maximum Gasteiger partial charge on any atom is 0.227 e. The SMILES string of the molecule is CCOc1cc(NCC(C)(C)C(=O)NC)ncn1. The molecule has 0 aliphatic heterocycles. The van der Waals surface area contributed by atoms with Crippen LogP contribution in [-0.2, 0) is 4.79 Å². The van der Waals surface area contributed by atoms with E-state index in [1.807, 2.05) is 20.8 Å². The third-order valence-corrected chi connectivity index (χ3v) is 2.49. The molecular weight excluding hydrogens is 232 g/mol. The Bertz CT molecular complexity index is 407. The zero-order valence-electron chi connectivity index (χ0n) is 11.3. The molecule has 0 aromatic carbocycles. The molecule has 1 heterocycles. The second-order valence-electron chi connectivity index (χ2n) is 4.49. The number of rotatable bonds is 6. The van der Waals surface area contributed by atoms with Crippen LogP contribution in [0.4, 0.5) is 5.82 Å². The first kappa shape index (κ1) is 14.2. The molecule has 1 amide bonds. The number of nitrogens with one attached hydrogen (secondary N) is 2. The predicted octanol–water partition coefficient (Wildman–Crippen LogP) is 1.06. The number of amides is 1. The lowest BCUT2D eigenvalue weighted by molar-refractivity contribution is -0.128. The van der Waals surface area contributed by atoms with Gasteiger partial charge in [-0.15, -0.1) is 0 Å². The first-order valence-corrected chi connectivity index (χ1v) is 5.90. The van der Waals surface area contributed by atoms with Crippen molar-refractivity contribution in [1.82, 2.24) is 15.3 Å². The molecule has 2 N–H and O–H groups in total. The summed E-state index contributed by atoms with van der Waals surface area (Å²) in [5.41, 5.74) is -0.508. The van der Waals surface area contributed by atoms with Crippen LogP contribution < -0.4 is 15.4 Å². The van der Waals surface area contributed by atoms with Crippen LogP contribution in [0.2, 0.25) is 0 Å². The minimum Gasteiger partial charge on any atom is -0.478 e. The van der Waals surface area contributed by atoms with E-state index in [0.717, 1.165) is 0 Å². The van der Waals surface area contributed by atoms with E-state index in [0.29, 0.717) is 24.8 Å². The van der Waals surface area contributed by atoms with E-state index in [-0.39, 0.29) is 5.91 Å². The van der Waals surface area contributed by atoms with Crippen molar-refractivity contribution in [2.45, 2.75) is 20.8 Å². The zero-order chi connectivity index (χ0) is 13.6. The molecule has 0 radical (unpaired) electrons. The highest BCUT2D eigenvalue weighted by Gasteiger charge is 2.26. The van der Waals surface area contributed by atoms with Crippen molar-refractivity contribution in [3.05, 3.63) is 12.4 Å². The average molecular weight is 252 g/mol. The first-order valence-electron chi connectivity index (χ1n) is 5.90. The smallest absolute Gasteiger partial charge is 0.227 e. The second-order valence-corrected chi connectivity index (χ2v) is 4.49. The third kappa shape index (κ3) is 3.87. The minimum absolute atomic E-state index is 0.0194. The highest BCUT2D eigenvalue weighted by Crippen LogP contribution is 2.17. The van der Waals surface area contributed by atoms with Gasteiger partial charge in [-0.2, -0.15) is 0 Å². The molecule has 0 aliphatic rings. The zero-order valence-corrected chi connectivity index (χ0v) is 11.3. The Balaban J connectivity index is 2.63. The quantitative estimate of drug-likeness (QED) is 0.791. The van der Waals surface area contributed by atoms with Crippen molar-refractivity contribution in [3.8, 4) is 5.88 Å². The Morgan fingerprint density at radius 1 is 1.44 bits per heavy atom. The van der Waals surface area contributed by atoms with Gasteiger partial charge in [-0.3, -0.25) is 4.79 Å². The summed E-state index contributed by atoms with van der Waals surface area (Å²) in [5, 5.41) is 5.74. The summed E-state index contributed by atoms with van der Waals surface area (Å²) in [7, 11) is 1.63. The Morgan fingerprint density at radius 2 is 2.17 bits per heavy atom. The maximum atomic E-state index is 11.6. The number of anilines is 1. The van der Waals surface area contributed by atoms with Crippen LogP contribution in [0, 0.1) is 5.41 Å². The normalized spacial score (nSPS) is 10.9. The maximum absolute atomic E-state index is 11.6. The van der Waals surface area contributed by atoms with Gasteiger partial charge in [0.15, 0.2) is 0 Å². The Morgan fingerprint density at radius 3 is 2.78 bits per heavy atom. The molecule has 0 saturated carbocycles. The number of carbonyl (C=O) groups excluding carboxylic acids is 1. The molecule has 0 fully saturated rings. The van der Waals surface area contributed by atoms with Gasteiger partial charge in [0, 0.05) is 19.7 Å². The van der Waals surface area contributed by atoms with Gasteiger partial charge in [-0.25, -0.2) is 9.97 Å². The van der Waals surface area contributed by atoms with Crippen LogP contribution in [0.25, 0.3) is 0 Å². The summed E-state index contributed by atoms with van der Waals surface area (Å²) in [6, 6.07) is 1.71. The largest absolute Gasteiger partial charge is 0.478 e. The molecule has 1 aromatic rings. The number of carbonyl (C=O) groups is 1. The Labute approximate surface area is 107 Å². The van der Waals surface area contributed by atoms with E-state index in [4.69, 9.17) is 4.74 Å². The lowest BCUT2D eigenvalue weighted by Gasteiger charge is -2.23. The number of aromatic nitrogens is 2. The Hall–Kier alpha value is -1.85. The summed E-state index contributed by atoms with van der Waals surface area (Å²) in [5.74, 6) is 1.15. The van der Waals surface area contributed by atoms with Crippen molar-refractivity contribution in [2.75, 3.05) is 25.5 Å². The number of hydrogen-bond acceptors (Lipinski definition) is 5. The molecule has 6 heteroatoms. The molecule has 0 spiro atoms. The lowest BCUT2D eigenvalue weighted by atomic mass is 9.92. The highest BCUT2D eigenvalue weighted by atomic mass is 16.5. The van der Waals surface area contributed by atoms with Crippen molar-refractivity contribution < 1.29 is 9.53 Å². The monoisotopic (exact) mass is 252 g/mol. The van der Waals surface area contributed by atoms with Crippen LogP contribution in [0.1, 0.15) is 20.8 Å². The molecule has 18 heavy (non-hydrogen) atoms.